The molecular formula is C16H11N5. The molecule has 0 aliphatic carbocycles. The Kier molecular flexibility index (Phi) is 2.67. The summed E-state index contributed by atoms with van der Waals surface area (Å²) in [5, 5.41) is 7.88. The van der Waals surface area contributed by atoms with Gasteiger partial charge in [-0.25, -0.2) is 9.97 Å². The highest BCUT2D eigenvalue weighted by Gasteiger charge is 2.12. The second-order valence-corrected chi connectivity index (χ2v) is 4.64. The molecule has 0 bridgehead atoms. The van der Waals surface area contributed by atoms with E-state index in [-0.39, 0.29) is 0 Å². The van der Waals surface area contributed by atoms with Crippen LogP contribution in [0.3, 0.4) is 0 Å². The summed E-state index contributed by atoms with van der Waals surface area (Å²) < 4.78 is 0. The summed E-state index contributed by atoms with van der Waals surface area (Å²) in [6, 6.07) is 13.8. The van der Waals surface area contributed by atoms with Crippen molar-refractivity contribution in [1.29, 1.82) is 0 Å². The standard InChI is InChI=1S/C16H11N5/c1-2-5-11(6-3-1)15-19-14(12-7-4-8-17-9-12)13-10-18-21-16(13)20-15/h1-10H,(H,18,19,20,21). The van der Waals surface area contributed by atoms with Gasteiger partial charge in [0, 0.05) is 23.5 Å². The SMILES string of the molecule is c1ccc(-c2nc(-c3cccnc3)c3cn[nH]c3n2)cc1. The van der Waals surface area contributed by atoms with Crippen molar-refractivity contribution in [3.05, 3.63) is 61.1 Å². The molecule has 5 nitrogen and oxygen atoms in total. The number of nitrogens with zero attached hydrogens (tertiary/aromatic N) is 4. The minimum absolute atomic E-state index is 0.672. The molecule has 1 aromatic carbocycles. The zero-order valence-corrected chi connectivity index (χ0v) is 11.1. The number of rotatable bonds is 2. The van der Waals surface area contributed by atoms with Crippen molar-refractivity contribution in [3.8, 4) is 22.6 Å². The summed E-state index contributed by atoms with van der Waals surface area (Å²) in [7, 11) is 0. The lowest BCUT2D eigenvalue weighted by Gasteiger charge is -2.05. The third-order valence-corrected chi connectivity index (χ3v) is 3.28. The lowest BCUT2D eigenvalue weighted by atomic mass is 10.1. The Balaban J connectivity index is 2.00. The number of aromatic nitrogens is 5. The van der Waals surface area contributed by atoms with Gasteiger partial charge in [-0.2, -0.15) is 5.10 Å². The fraction of sp³-hybridized carbons (Fsp3) is 0. The number of H-pyrrole nitrogens is 1. The van der Waals surface area contributed by atoms with E-state index in [0.717, 1.165) is 27.9 Å². The van der Waals surface area contributed by atoms with Gasteiger partial charge in [0.2, 0.25) is 0 Å². The third-order valence-electron chi connectivity index (χ3n) is 3.28. The molecule has 0 saturated carbocycles. The fourth-order valence-electron chi connectivity index (χ4n) is 2.27. The van der Waals surface area contributed by atoms with Crippen molar-refractivity contribution in [3.63, 3.8) is 0 Å². The summed E-state index contributed by atoms with van der Waals surface area (Å²) in [6.45, 7) is 0. The molecule has 4 rings (SSSR count). The van der Waals surface area contributed by atoms with E-state index >= 15 is 0 Å². The van der Waals surface area contributed by atoms with E-state index in [1.165, 1.54) is 0 Å². The van der Waals surface area contributed by atoms with Gasteiger partial charge >= 0.3 is 0 Å². The van der Waals surface area contributed by atoms with Gasteiger partial charge in [-0.05, 0) is 12.1 Å². The molecule has 0 aliphatic rings. The van der Waals surface area contributed by atoms with Crippen LogP contribution in [0, 0.1) is 0 Å². The van der Waals surface area contributed by atoms with E-state index in [9.17, 15) is 0 Å². The number of fused-ring (bicyclic) bond motifs is 1. The first-order valence-electron chi connectivity index (χ1n) is 6.59. The minimum Gasteiger partial charge on any atom is -0.264 e. The first-order chi connectivity index (χ1) is 10.4. The highest BCUT2D eigenvalue weighted by Crippen LogP contribution is 2.27. The molecule has 1 N–H and O–H groups in total. The molecule has 3 heterocycles. The highest BCUT2D eigenvalue weighted by atomic mass is 15.1. The van der Waals surface area contributed by atoms with Crippen LogP contribution >= 0.6 is 0 Å². The van der Waals surface area contributed by atoms with Gasteiger partial charge in [0.15, 0.2) is 11.5 Å². The second-order valence-electron chi connectivity index (χ2n) is 4.64. The van der Waals surface area contributed by atoms with E-state index in [0.29, 0.717) is 5.82 Å². The second kappa shape index (κ2) is 4.79. The Bertz CT molecular complexity index is 884. The molecule has 100 valence electrons. The van der Waals surface area contributed by atoms with E-state index < -0.39 is 0 Å². The van der Waals surface area contributed by atoms with Crippen molar-refractivity contribution in [2.75, 3.05) is 0 Å². The lowest BCUT2D eigenvalue weighted by Crippen LogP contribution is -1.94. The summed E-state index contributed by atoms with van der Waals surface area (Å²) in [4.78, 5) is 13.4. The molecule has 5 heteroatoms. The number of hydrogen-bond donors (Lipinski definition) is 1. The Labute approximate surface area is 120 Å². The average molecular weight is 273 g/mol. The number of nitrogens with one attached hydrogen (secondary N) is 1. The van der Waals surface area contributed by atoms with E-state index in [2.05, 4.69) is 20.2 Å². The number of hydrogen-bond acceptors (Lipinski definition) is 4. The van der Waals surface area contributed by atoms with Crippen LogP contribution in [-0.2, 0) is 0 Å². The maximum Gasteiger partial charge on any atom is 0.162 e. The van der Waals surface area contributed by atoms with Crippen LogP contribution in [-0.4, -0.2) is 25.1 Å². The Morgan fingerprint density at radius 1 is 0.810 bits per heavy atom. The first-order valence-corrected chi connectivity index (χ1v) is 6.59. The van der Waals surface area contributed by atoms with Crippen LogP contribution in [0.1, 0.15) is 0 Å². The van der Waals surface area contributed by atoms with Gasteiger partial charge in [-0.3, -0.25) is 10.1 Å². The monoisotopic (exact) mass is 273 g/mol. The van der Waals surface area contributed by atoms with Crippen LogP contribution in [0.15, 0.2) is 61.1 Å². The van der Waals surface area contributed by atoms with Crippen LogP contribution in [0.4, 0.5) is 0 Å². The van der Waals surface area contributed by atoms with Crippen LogP contribution in [0.25, 0.3) is 33.7 Å². The minimum atomic E-state index is 0.672. The molecule has 0 radical (unpaired) electrons. The normalized spacial score (nSPS) is 10.9. The summed E-state index contributed by atoms with van der Waals surface area (Å²) in [5.74, 6) is 0.672. The van der Waals surface area contributed by atoms with E-state index in [1.807, 2.05) is 42.5 Å². The van der Waals surface area contributed by atoms with Crippen molar-refractivity contribution in [2.45, 2.75) is 0 Å². The maximum absolute atomic E-state index is 4.70. The molecule has 3 aromatic heterocycles. The molecule has 4 aromatic rings. The third kappa shape index (κ3) is 2.04. The van der Waals surface area contributed by atoms with Gasteiger partial charge in [0.25, 0.3) is 0 Å². The van der Waals surface area contributed by atoms with Gasteiger partial charge in [0.05, 0.1) is 17.3 Å². The molecule has 21 heavy (non-hydrogen) atoms. The first kappa shape index (κ1) is 11.7. The fourth-order valence-corrected chi connectivity index (χ4v) is 2.27. The summed E-state index contributed by atoms with van der Waals surface area (Å²) in [5.41, 5.74) is 3.48. The van der Waals surface area contributed by atoms with Crippen LogP contribution in [0.5, 0.6) is 0 Å². The van der Waals surface area contributed by atoms with Crippen molar-refractivity contribution < 1.29 is 0 Å². The molecule has 0 amide bonds. The van der Waals surface area contributed by atoms with Crippen LogP contribution < -0.4 is 0 Å². The lowest BCUT2D eigenvalue weighted by molar-refractivity contribution is 1.09. The van der Waals surface area contributed by atoms with Crippen molar-refractivity contribution in [2.24, 2.45) is 0 Å². The largest absolute Gasteiger partial charge is 0.264 e. The number of pyridine rings is 1. The van der Waals surface area contributed by atoms with Crippen LogP contribution in [0.2, 0.25) is 0 Å². The summed E-state index contributed by atoms with van der Waals surface area (Å²) >= 11 is 0. The molecule has 0 saturated heterocycles. The maximum atomic E-state index is 4.70. The Morgan fingerprint density at radius 2 is 1.67 bits per heavy atom. The Hall–Kier alpha value is -3.08. The predicted octanol–water partition coefficient (Wildman–Crippen LogP) is 3.08. The van der Waals surface area contributed by atoms with E-state index in [1.54, 1.807) is 18.6 Å². The number of aromatic amines is 1. The van der Waals surface area contributed by atoms with Crippen molar-refractivity contribution >= 4 is 11.0 Å². The molecule has 0 unspecified atom stereocenters. The predicted molar refractivity (Wildman–Crippen MR) is 80.4 cm³/mol. The van der Waals surface area contributed by atoms with Crippen molar-refractivity contribution in [1.82, 2.24) is 25.1 Å². The zero-order chi connectivity index (χ0) is 14.1. The molecule has 0 atom stereocenters. The molecule has 0 fully saturated rings. The molecular weight excluding hydrogens is 262 g/mol. The number of benzene rings is 1. The Morgan fingerprint density at radius 3 is 2.48 bits per heavy atom. The van der Waals surface area contributed by atoms with Gasteiger partial charge in [-0.1, -0.05) is 30.3 Å². The zero-order valence-electron chi connectivity index (χ0n) is 11.1. The quantitative estimate of drug-likeness (QED) is 0.609. The highest BCUT2D eigenvalue weighted by molar-refractivity contribution is 5.90. The molecule has 0 spiro atoms. The smallest absolute Gasteiger partial charge is 0.162 e. The topological polar surface area (TPSA) is 67.3 Å². The molecule has 0 aliphatic heterocycles. The average Bonchev–Trinajstić information content (AvgIpc) is 3.04. The van der Waals surface area contributed by atoms with E-state index in [4.69, 9.17) is 4.98 Å². The van der Waals surface area contributed by atoms with Gasteiger partial charge in [0.1, 0.15) is 0 Å². The summed E-state index contributed by atoms with van der Waals surface area (Å²) in [6.07, 6.45) is 5.28. The van der Waals surface area contributed by atoms with Gasteiger partial charge in [-0.15, -0.1) is 0 Å². The van der Waals surface area contributed by atoms with Gasteiger partial charge < -0.3 is 0 Å².